The molecule has 0 rings (SSSR count). The molecule has 0 bridgehead atoms. The van der Waals surface area contributed by atoms with Crippen LogP contribution in [0.3, 0.4) is 0 Å². The molecule has 0 unspecified atom stereocenters. The Morgan fingerprint density at radius 2 is 1.30 bits per heavy atom. The average molecular weight is 699 g/mol. The quantitative estimate of drug-likeness (QED) is 0.328. The Balaban J connectivity index is 0. The summed E-state index contributed by atoms with van der Waals surface area (Å²) in [6.45, 7) is 5.00. The zero-order valence-electron chi connectivity index (χ0n) is 5.87. The zero-order valence-corrected chi connectivity index (χ0v) is 17.4. The molecule has 0 aliphatic carbocycles. The van der Waals surface area contributed by atoms with E-state index in [1.54, 1.807) is 0 Å². The van der Waals surface area contributed by atoms with Crippen LogP contribution in [0.15, 0.2) is 0 Å². The van der Waals surface area contributed by atoms with Crippen LogP contribution in [0.2, 0.25) is 0 Å². The Morgan fingerprint density at radius 1 is 1.20 bits per heavy atom. The second kappa shape index (κ2) is 9.24. The van der Waals surface area contributed by atoms with Gasteiger partial charge in [0.2, 0.25) is 0 Å². The average Bonchev–Trinajstić information content (AvgIpc) is 1.61. The zero-order chi connectivity index (χ0) is 8.78. The molecule has 0 heterocycles. The molecule has 0 radical (unpaired) electrons. The molecule has 0 amide bonds. The van der Waals surface area contributed by atoms with E-state index in [-0.39, 0.29) is 0 Å². The molecular weight excluding hydrogens is 688 g/mol. The van der Waals surface area contributed by atoms with Crippen LogP contribution < -0.4 is 5.73 Å². The summed E-state index contributed by atoms with van der Waals surface area (Å²) in [6.07, 6.45) is 0. The van der Waals surface area contributed by atoms with E-state index in [9.17, 15) is 0 Å². The van der Waals surface area contributed by atoms with Gasteiger partial charge in [-0.05, 0) is 12.5 Å². The van der Waals surface area contributed by atoms with Crippen molar-refractivity contribution in [3.63, 3.8) is 0 Å². The number of halogens is 4. The van der Waals surface area contributed by atoms with E-state index in [1.165, 1.54) is 0 Å². The second-order valence-corrected chi connectivity index (χ2v) is 131. The van der Waals surface area contributed by atoms with Gasteiger partial charge < -0.3 is 5.73 Å². The normalized spacial score (nSPS) is 10.8. The molecular formula is C4H11I4NSn. The fourth-order valence-corrected chi connectivity index (χ4v) is 0. The Bertz CT molecular complexity index is 66.1. The van der Waals surface area contributed by atoms with Crippen LogP contribution in [0.25, 0.3) is 0 Å². The first-order valence-corrected chi connectivity index (χ1v) is 36.0. The van der Waals surface area contributed by atoms with Crippen molar-refractivity contribution in [2.45, 2.75) is 13.8 Å². The summed E-state index contributed by atoms with van der Waals surface area (Å²) in [4.78, 5) is 0. The number of hydrogen-bond donors (Lipinski definition) is 1. The molecule has 0 aliphatic rings. The first-order chi connectivity index (χ1) is 4.27. The number of hydrogen-bond acceptors (Lipinski definition) is 1. The van der Waals surface area contributed by atoms with Gasteiger partial charge in [0.1, 0.15) is 0 Å². The van der Waals surface area contributed by atoms with Gasteiger partial charge in [-0.15, -0.1) is 0 Å². The van der Waals surface area contributed by atoms with Gasteiger partial charge in [-0.2, -0.15) is 0 Å². The molecule has 0 aliphatic heterocycles. The molecule has 0 saturated carbocycles. The van der Waals surface area contributed by atoms with Crippen molar-refractivity contribution < 1.29 is 0 Å². The van der Waals surface area contributed by atoms with Crippen molar-refractivity contribution in [3.8, 4) is 0 Å². The van der Waals surface area contributed by atoms with Crippen LogP contribution in [-0.4, -0.2) is 9.05 Å². The molecule has 1 nitrogen and oxygen atoms in total. The maximum absolute atomic E-state index is 5.17. The SMILES string of the molecule is CC(C)CN.[I][Sn]([I])([I])[I]. The third-order valence-corrected chi connectivity index (χ3v) is 0.471. The van der Waals surface area contributed by atoms with Gasteiger partial charge in [0, 0.05) is 0 Å². The Kier molecular flexibility index (Phi) is 14.9. The Labute approximate surface area is 106 Å². The topological polar surface area (TPSA) is 26.0 Å². The second-order valence-electron chi connectivity index (χ2n) is 2.06. The molecule has 0 aromatic heterocycles. The van der Waals surface area contributed by atoms with Gasteiger partial charge in [0.25, 0.3) is 0 Å². The molecule has 0 aromatic rings. The van der Waals surface area contributed by atoms with Crippen LogP contribution in [0, 0.1) is 5.92 Å². The first-order valence-electron chi connectivity index (χ1n) is 2.73. The summed E-state index contributed by atoms with van der Waals surface area (Å²) < 4.78 is -1.30. The standard InChI is InChI=1S/C4H11N.4HI.Sn/c1-4(2)3-5;;;;;/h4H,3,5H2,1-2H3;4*1H;/q;;;;;+4/p-4. The third-order valence-electron chi connectivity index (χ3n) is 0.471. The van der Waals surface area contributed by atoms with Gasteiger partial charge in [-0.25, -0.2) is 0 Å². The van der Waals surface area contributed by atoms with E-state index < -0.39 is 2.50 Å². The molecule has 0 spiro atoms. The molecule has 10 heavy (non-hydrogen) atoms. The summed E-state index contributed by atoms with van der Waals surface area (Å²) in [5.74, 6) is 0.662. The minimum absolute atomic E-state index is 0.662. The van der Waals surface area contributed by atoms with Crippen molar-refractivity contribution in [1.29, 1.82) is 0 Å². The van der Waals surface area contributed by atoms with Crippen molar-refractivity contribution in [2.75, 3.05) is 6.54 Å². The van der Waals surface area contributed by atoms with Gasteiger partial charge >= 0.3 is 77.0 Å². The summed E-state index contributed by atoms with van der Waals surface area (Å²) in [5.41, 5.74) is 5.17. The van der Waals surface area contributed by atoms with E-state index in [1.807, 2.05) is 0 Å². The van der Waals surface area contributed by atoms with Crippen molar-refractivity contribution in [1.82, 2.24) is 0 Å². The van der Waals surface area contributed by atoms with Gasteiger partial charge in [0.15, 0.2) is 0 Å². The minimum atomic E-state index is -1.30. The van der Waals surface area contributed by atoms with E-state index in [2.05, 4.69) is 88.4 Å². The summed E-state index contributed by atoms with van der Waals surface area (Å²) in [5, 5.41) is 0. The number of rotatable bonds is 1. The molecule has 64 valence electrons. The summed E-state index contributed by atoms with van der Waals surface area (Å²) >= 11 is 10.2. The predicted molar refractivity (Wildman–Crippen MR) is 85.7 cm³/mol. The van der Waals surface area contributed by atoms with E-state index >= 15 is 0 Å². The molecule has 0 aromatic carbocycles. The molecule has 2 N–H and O–H groups in total. The first kappa shape index (κ1) is 16.1. The Morgan fingerprint density at radius 3 is 1.30 bits per heavy atom. The van der Waals surface area contributed by atoms with Gasteiger partial charge in [0.05, 0.1) is 0 Å². The van der Waals surface area contributed by atoms with E-state index in [0.717, 1.165) is 6.54 Å². The van der Waals surface area contributed by atoms with Crippen molar-refractivity contribution in [2.24, 2.45) is 11.7 Å². The van der Waals surface area contributed by atoms with Crippen LogP contribution in [-0.2, 0) is 0 Å². The van der Waals surface area contributed by atoms with Gasteiger partial charge in [-0.1, -0.05) is 13.8 Å². The number of nitrogens with two attached hydrogens (primary N) is 1. The predicted octanol–water partition coefficient (Wildman–Crippen LogP) is 3.76. The van der Waals surface area contributed by atoms with E-state index in [4.69, 9.17) is 5.73 Å². The maximum atomic E-state index is 5.17. The summed E-state index contributed by atoms with van der Waals surface area (Å²) in [6, 6.07) is 0. The molecule has 6 heteroatoms. The van der Waals surface area contributed by atoms with Crippen molar-refractivity contribution in [3.05, 3.63) is 0 Å². The van der Waals surface area contributed by atoms with Crippen LogP contribution in [0.4, 0.5) is 0 Å². The fraction of sp³-hybridized carbons (Fsp3) is 1.00. The monoisotopic (exact) mass is 701 g/mol. The molecule has 0 saturated heterocycles. The van der Waals surface area contributed by atoms with Crippen LogP contribution >= 0.6 is 74.5 Å². The van der Waals surface area contributed by atoms with Gasteiger partial charge in [-0.3, -0.25) is 0 Å². The molecule has 0 fully saturated rings. The van der Waals surface area contributed by atoms with E-state index in [0.29, 0.717) is 5.92 Å². The van der Waals surface area contributed by atoms with Crippen molar-refractivity contribution >= 4 is 77.0 Å². The summed E-state index contributed by atoms with van der Waals surface area (Å²) in [7, 11) is 0. The van der Waals surface area contributed by atoms with Crippen LogP contribution in [0.1, 0.15) is 13.8 Å². The fourth-order valence-electron chi connectivity index (χ4n) is 0. The molecule has 0 atom stereocenters. The van der Waals surface area contributed by atoms with Crippen LogP contribution in [0.5, 0.6) is 0 Å². The Hall–Kier alpha value is 3.68. The third kappa shape index (κ3) is 41.3.